The highest BCUT2D eigenvalue weighted by Gasteiger charge is 2.44. The highest BCUT2D eigenvalue weighted by atomic mass is 35.5. The Morgan fingerprint density at radius 3 is 2.28 bits per heavy atom. The smallest absolute Gasteiger partial charge is 0.246 e. The van der Waals surface area contributed by atoms with Crippen molar-refractivity contribution in [3.63, 3.8) is 0 Å². The van der Waals surface area contributed by atoms with Crippen molar-refractivity contribution in [1.82, 2.24) is 45.2 Å². The first-order valence-corrected chi connectivity index (χ1v) is 26.1. The molecule has 0 bridgehead atoms. The van der Waals surface area contributed by atoms with E-state index in [4.69, 9.17) is 21.3 Å². The molecule has 1 saturated heterocycles. The number of aliphatic hydroxyl groups is 1. The lowest BCUT2D eigenvalue weighted by Gasteiger charge is -2.38. The lowest BCUT2D eigenvalue weighted by atomic mass is 9.85. The van der Waals surface area contributed by atoms with Gasteiger partial charge in [-0.05, 0) is 106 Å². The summed E-state index contributed by atoms with van der Waals surface area (Å²) in [6.07, 6.45) is 4.89. The van der Waals surface area contributed by atoms with Crippen molar-refractivity contribution in [2.45, 2.75) is 143 Å². The second kappa shape index (κ2) is 20.7. The zero-order chi connectivity index (χ0) is 51.2. The molecule has 17 heteroatoms. The van der Waals surface area contributed by atoms with E-state index in [0.717, 1.165) is 55.9 Å². The Bertz CT molecular complexity index is 2970. The van der Waals surface area contributed by atoms with Gasteiger partial charge in [-0.1, -0.05) is 68.8 Å². The molecule has 3 aromatic carbocycles. The first kappa shape index (κ1) is 50.7. The standard InChI is InChI=1S/C55H65ClN10O5S/c1-30-33(4)72-54-49(30)50(38-12-16-39(56)17-13-38)60-45(52-63-62-35(6)66(52)54)28-48(69)59-40-25-44(26-40)71-43-20-10-36(11-21-43)24-47(68)61-51(55(7,8)9)53(70)65-29-42(67)27-46(65)32(3)58-31(2)37-14-18-41(19-15-37)64-23-22-57-34(64)5/h10-23,31-32,40,42,44-46,51,58,67H,24-29H2,1-9H3,(H,59,69)(H,61,68)/t31-,32?,40?,42+,44?,45-,46-,51+/m0/s1. The number of hydrogen-bond acceptors (Lipinski definition) is 11. The summed E-state index contributed by atoms with van der Waals surface area (Å²) in [5.41, 5.74) is 6.18. The van der Waals surface area contributed by atoms with Crippen LogP contribution in [0, 0.1) is 33.1 Å². The number of aliphatic hydroxyl groups excluding tert-OH is 1. The van der Waals surface area contributed by atoms with Gasteiger partial charge in [0.1, 0.15) is 40.6 Å². The Morgan fingerprint density at radius 2 is 1.61 bits per heavy atom. The summed E-state index contributed by atoms with van der Waals surface area (Å²) in [5.74, 6) is 2.35. The van der Waals surface area contributed by atoms with Gasteiger partial charge in [-0.25, -0.2) is 4.98 Å². The Hall–Kier alpha value is -6.20. The van der Waals surface area contributed by atoms with Crippen LogP contribution in [0.25, 0.3) is 10.7 Å². The van der Waals surface area contributed by atoms with Crippen LogP contribution in [0.15, 0.2) is 90.2 Å². The van der Waals surface area contributed by atoms with Gasteiger partial charge in [-0.15, -0.1) is 21.5 Å². The maximum absolute atomic E-state index is 14.4. The summed E-state index contributed by atoms with van der Waals surface area (Å²) in [5, 5.41) is 31.4. The number of nitrogens with zero attached hydrogens (tertiary/aromatic N) is 7. The van der Waals surface area contributed by atoms with Gasteiger partial charge in [0.15, 0.2) is 5.82 Å². The molecule has 72 heavy (non-hydrogen) atoms. The second-order valence-corrected chi connectivity index (χ2v) is 22.5. The number of rotatable bonds is 15. The van der Waals surface area contributed by atoms with E-state index >= 15 is 0 Å². The Balaban J connectivity index is 0.768. The molecule has 2 aliphatic heterocycles. The number of ether oxygens (including phenoxy) is 1. The van der Waals surface area contributed by atoms with E-state index in [0.29, 0.717) is 35.9 Å². The highest BCUT2D eigenvalue weighted by Crippen LogP contribution is 2.40. The predicted molar refractivity (Wildman–Crippen MR) is 280 cm³/mol. The summed E-state index contributed by atoms with van der Waals surface area (Å²) in [7, 11) is 0. The summed E-state index contributed by atoms with van der Waals surface area (Å²) < 4.78 is 10.4. The third-order valence-corrected chi connectivity index (χ3v) is 15.8. The highest BCUT2D eigenvalue weighted by molar-refractivity contribution is 7.15. The molecule has 1 aliphatic carbocycles. The van der Waals surface area contributed by atoms with Crippen molar-refractivity contribution in [3.8, 4) is 16.4 Å². The number of thiophene rings is 1. The van der Waals surface area contributed by atoms with Gasteiger partial charge in [-0.3, -0.25) is 23.9 Å². The topological polar surface area (TPSA) is 181 Å². The lowest BCUT2D eigenvalue weighted by molar-refractivity contribution is -0.140. The molecule has 6 aromatic rings. The lowest BCUT2D eigenvalue weighted by Crippen LogP contribution is -2.58. The molecule has 2 fully saturated rings. The van der Waals surface area contributed by atoms with Crippen molar-refractivity contribution in [2.75, 3.05) is 6.54 Å². The quantitative estimate of drug-likeness (QED) is 0.0789. The average Bonchev–Trinajstić information content (AvgIpc) is 4.10. The fraction of sp³-hybridized carbons (Fsp3) is 0.436. The number of nitrogens with one attached hydrogen (secondary N) is 3. The number of aromatic nitrogens is 5. The number of amides is 3. The number of aryl methyl sites for hydroxylation is 3. The number of aliphatic imine (C=N–C) groups is 1. The molecule has 15 nitrogen and oxygen atoms in total. The minimum atomic E-state index is -0.810. The van der Waals surface area contributed by atoms with E-state index < -0.39 is 23.6 Å². The van der Waals surface area contributed by atoms with Gasteiger partial charge in [-0.2, -0.15) is 0 Å². The van der Waals surface area contributed by atoms with Gasteiger partial charge in [0.2, 0.25) is 17.7 Å². The largest absolute Gasteiger partial charge is 0.490 e. The van der Waals surface area contributed by atoms with Crippen LogP contribution in [-0.2, 0) is 20.8 Å². The van der Waals surface area contributed by atoms with Crippen LogP contribution in [0.1, 0.15) is 123 Å². The van der Waals surface area contributed by atoms with Crippen molar-refractivity contribution in [1.29, 1.82) is 0 Å². The van der Waals surface area contributed by atoms with E-state index in [1.807, 2.05) is 105 Å². The van der Waals surface area contributed by atoms with Crippen molar-refractivity contribution < 1.29 is 24.2 Å². The molecular weight excluding hydrogens is 948 g/mol. The summed E-state index contributed by atoms with van der Waals surface area (Å²) in [6, 6.07) is 21.5. The molecule has 6 atom stereocenters. The van der Waals surface area contributed by atoms with Crippen LogP contribution in [0.3, 0.4) is 0 Å². The van der Waals surface area contributed by atoms with Crippen molar-refractivity contribution in [2.24, 2.45) is 10.4 Å². The number of carbonyl (C=O) groups is 3. The van der Waals surface area contributed by atoms with E-state index in [1.165, 1.54) is 4.88 Å². The normalized spacial score (nSPS) is 20.8. The van der Waals surface area contributed by atoms with Gasteiger partial charge < -0.3 is 35.3 Å². The maximum atomic E-state index is 14.4. The minimum absolute atomic E-state index is 0.0177. The molecule has 1 saturated carbocycles. The summed E-state index contributed by atoms with van der Waals surface area (Å²) >= 11 is 7.95. The molecule has 378 valence electrons. The predicted octanol–water partition coefficient (Wildman–Crippen LogP) is 8.18. The fourth-order valence-corrected chi connectivity index (χ4v) is 11.6. The number of hydrogen-bond donors (Lipinski definition) is 4. The molecule has 3 amide bonds. The Kier molecular flexibility index (Phi) is 14.6. The molecule has 9 rings (SSSR count). The van der Waals surface area contributed by atoms with Crippen LogP contribution < -0.4 is 20.7 Å². The number of imidazole rings is 1. The van der Waals surface area contributed by atoms with Crippen molar-refractivity contribution in [3.05, 3.63) is 140 Å². The third-order valence-electron chi connectivity index (χ3n) is 14.4. The van der Waals surface area contributed by atoms with Gasteiger partial charge in [0.25, 0.3) is 0 Å². The monoisotopic (exact) mass is 1010 g/mol. The molecule has 3 aliphatic rings. The van der Waals surface area contributed by atoms with Gasteiger partial charge >= 0.3 is 0 Å². The van der Waals surface area contributed by atoms with Crippen LogP contribution in [0.2, 0.25) is 5.02 Å². The third kappa shape index (κ3) is 10.8. The van der Waals surface area contributed by atoms with Crippen LogP contribution in [0.4, 0.5) is 0 Å². The molecule has 1 unspecified atom stereocenters. The first-order chi connectivity index (χ1) is 34.3. The van der Waals surface area contributed by atoms with Crippen LogP contribution in [-0.4, -0.2) is 101 Å². The first-order valence-electron chi connectivity index (χ1n) is 24.9. The number of benzene rings is 3. The van der Waals surface area contributed by atoms with E-state index in [2.05, 4.69) is 76.2 Å². The maximum Gasteiger partial charge on any atom is 0.246 e. The Morgan fingerprint density at radius 1 is 0.903 bits per heavy atom. The number of halogens is 1. The van der Waals surface area contributed by atoms with Crippen molar-refractivity contribution >= 4 is 46.4 Å². The molecule has 3 aromatic heterocycles. The number of likely N-dealkylation sites (tertiary alicyclic amines) is 1. The molecule has 0 spiro atoms. The van der Waals surface area contributed by atoms with Crippen LogP contribution in [0.5, 0.6) is 5.75 Å². The van der Waals surface area contributed by atoms with Gasteiger partial charge in [0.05, 0.1) is 24.7 Å². The molecule has 0 radical (unpaired) electrons. The number of fused-ring (bicyclic) bond motifs is 3. The molecule has 4 N–H and O–H groups in total. The van der Waals surface area contributed by atoms with E-state index in [9.17, 15) is 19.5 Å². The van der Waals surface area contributed by atoms with E-state index in [-0.39, 0.29) is 67.4 Å². The van der Waals surface area contributed by atoms with Crippen LogP contribution >= 0.6 is 22.9 Å². The molecule has 5 heterocycles. The fourth-order valence-electron chi connectivity index (χ4n) is 10.2. The van der Waals surface area contributed by atoms with E-state index in [1.54, 1.807) is 22.4 Å². The number of β-amino-alcohol motifs (C(OH)–C–C–N with tert-alkyl or cyclic N) is 1. The molecular formula is C55H65ClN10O5S. The summed E-state index contributed by atoms with van der Waals surface area (Å²) in [4.78, 5) is 54.3. The summed E-state index contributed by atoms with van der Waals surface area (Å²) in [6.45, 7) is 18.3. The SMILES string of the molecule is Cc1sc2c(c1C)C(c1ccc(Cl)cc1)=N[C@@H](CC(=O)NC1CC(Oc3ccc(CC(=O)N[C@H](C(=O)N4C[C@H](O)C[C@H]4C(C)N[C@@H](C)c4ccc(-n5ccnc5C)cc4)C(C)(C)C)cc3)C1)c1nnc(C)n1-2. The zero-order valence-electron chi connectivity index (χ0n) is 42.4. The van der Waals surface area contributed by atoms with Gasteiger partial charge in [0, 0.05) is 82.7 Å². The minimum Gasteiger partial charge on any atom is -0.490 e. The zero-order valence-corrected chi connectivity index (χ0v) is 44.0. The Labute approximate surface area is 430 Å². The second-order valence-electron chi connectivity index (χ2n) is 20.8. The number of carbonyl (C=O) groups excluding carboxylic acids is 3. The average molecular weight is 1010 g/mol.